The third-order valence-corrected chi connectivity index (χ3v) is 3.75. The number of hydrogen-bond donors (Lipinski definition) is 1. The molecule has 1 aromatic carbocycles. The Labute approximate surface area is 159 Å². The maximum absolute atomic E-state index is 11.6. The number of rotatable bonds is 6. The van der Waals surface area contributed by atoms with Crippen LogP contribution in [0.25, 0.3) is 0 Å². The molecule has 0 aromatic heterocycles. The molecular formula is C18H27Cl2NO4. The SMILES string of the molecule is CC(C)(C)OC(=O)CCCc1cc2c(cc1Cl)OCO2.NCCCCl. The van der Waals surface area contributed by atoms with Gasteiger partial charge in [-0.15, -0.1) is 11.6 Å². The van der Waals surface area contributed by atoms with Gasteiger partial charge in [-0.3, -0.25) is 4.79 Å². The number of esters is 1. The zero-order chi connectivity index (χ0) is 18.9. The zero-order valence-corrected chi connectivity index (χ0v) is 16.6. The van der Waals surface area contributed by atoms with E-state index in [1.807, 2.05) is 26.8 Å². The quantitative estimate of drug-likeness (QED) is 0.577. The Balaban J connectivity index is 0.000000550. The van der Waals surface area contributed by atoms with Gasteiger partial charge >= 0.3 is 5.97 Å². The van der Waals surface area contributed by atoms with Crippen LogP contribution < -0.4 is 15.2 Å². The number of ether oxygens (including phenoxy) is 3. The minimum Gasteiger partial charge on any atom is -0.460 e. The molecule has 7 heteroatoms. The lowest BCUT2D eigenvalue weighted by molar-refractivity contribution is -0.154. The van der Waals surface area contributed by atoms with E-state index in [2.05, 4.69) is 0 Å². The molecule has 0 fully saturated rings. The molecule has 1 aliphatic heterocycles. The highest BCUT2D eigenvalue weighted by molar-refractivity contribution is 6.31. The number of carbonyl (C=O) groups is 1. The standard InChI is InChI=1S/C15H19ClO4.C3H8ClN/c1-15(2,3)20-14(17)6-4-5-10-7-12-13(8-11(10)16)19-9-18-12;4-2-1-3-5/h7-8H,4-6,9H2,1-3H3;1-3,5H2. The lowest BCUT2D eigenvalue weighted by Crippen LogP contribution is -2.23. The van der Waals surface area contributed by atoms with Crippen LogP contribution >= 0.6 is 23.2 Å². The molecule has 0 radical (unpaired) electrons. The number of carbonyl (C=O) groups excluding carboxylic acids is 1. The smallest absolute Gasteiger partial charge is 0.306 e. The molecule has 25 heavy (non-hydrogen) atoms. The highest BCUT2D eigenvalue weighted by Gasteiger charge is 2.18. The van der Waals surface area contributed by atoms with Crippen LogP contribution in [0.5, 0.6) is 11.5 Å². The van der Waals surface area contributed by atoms with Gasteiger partial charge in [-0.05, 0) is 58.2 Å². The average Bonchev–Trinajstić information content (AvgIpc) is 2.94. The van der Waals surface area contributed by atoms with E-state index in [1.165, 1.54) is 0 Å². The summed E-state index contributed by atoms with van der Waals surface area (Å²) in [4.78, 5) is 11.6. The largest absolute Gasteiger partial charge is 0.460 e. The molecule has 0 atom stereocenters. The van der Waals surface area contributed by atoms with Crippen molar-refractivity contribution in [2.24, 2.45) is 5.73 Å². The highest BCUT2D eigenvalue weighted by Crippen LogP contribution is 2.37. The molecule has 0 unspecified atom stereocenters. The molecule has 1 aromatic rings. The number of alkyl halides is 1. The molecular weight excluding hydrogens is 365 g/mol. The zero-order valence-electron chi connectivity index (χ0n) is 15.1. The van der Waals surface area contributed by atoms with Gasteiger partial charge in [0.25, 0.3) is 0 Å². The molecule has 2 N–H and O–H groups in total. The maximum Gasteiger partial charge on any atom is 0.306 e. The van der Waals surface area contributed by atoms with Crippen molar-refractivity contribution in [2.75, 3.05) is 19.2 Å². The van der Waals surface area contributed by atoms with Gasteiger partial charge in [0, 0.05) is 23.4 Å². The molecule has 0 amide bonds. The van der Waals surface area contributed by atoms with E-state index in [9.17, 15) is 4.79 Å². The summed E-state index contributed by atoms with van der Waals surface area (Å²) in [5.41, 5.74) is 5.58. The van der Waals surface area contributed by atoms with E-state index in [1.54, 1.807) is 6.07 Å². The van der Waals surface area contributed by atoms with Crippen molar-refractivity contribution in [1.82, 2.24) is 0 Å². The Kier molecular flexibility index (Phi) is 9.39. The fourth-order valence-corrected chi connectivity index (χ4v) is 2.45. The molecule has 1 aliphatic rings. The average molecular weight is 392 g/mol. The molecule has 5 nitrogen and oxygen atoms in total. The first-order chi connectivity index (χ1) is 11.8. The summed E-state index contributed by atoms with van der Waals surface area (Å²) in [5.74, 6) is 1.89. The summed E-state index contributed by atoms with van der Waals surface area (Å²) in [6.07, 6.45) is 2.70. The van der Waals surface area contributed by atoms with Gasteiger partial charge in [0.15, 0.2) is 11.5 Å². The van der Waals surface area contributed by atoms with Crippen LogP contribution in [-0.4, -0.2) is 30.8 Å². The van der Waals surface area contributed by atoms with E-state index in [0.717, 1.165) is 12.0 Å². The van der Waals surface area contributed by atoms with Gasteiger partial charge in [0.05, 0.1) is 0 Å². The lowest BCUT2D eigenvalue weighted by Gasteiger charge is -2.19. The molecule has 142 valence electrons. The summed E-state index contributed by atoms with van der Waals surface area (Å²) in [6, 6.07) is 3.63. The monoisotopic (exact) mass is 391 g/mol. The van der Waals surface area contributed by atoms with Crippen LogP contribution in [0.4, 0.5) is 0 Å². The van der Waals surface area contributed by atoms with E-state index in [0.29, 0.717) is 48.2 Å². The summed E-state index contributed by atoms with van der Waals surface area (Å²) in [5, 5.41) is 0.637. The maximum atomic E-state index is 11.6. The van der Waals surface area contributed by atoms with Crippen molar-refractivity contribution < 1.29 is 19.0 Å². The van der Waals surface area contributed by atoms with Crippen LogP contribution in [-0.2, 0) is 16.0 Å². The van der Waals surface area contributed by atoms with Crippen molar-refractivity contribution in [3.8, 4) is 11.5 Å². The summed E-state index contributed by atoms with van der Waals surface area (Å²) >= 11 is 11.4. The topological polar surface area (TPSA) is 70.8 Å². The summed E-state index contributed by atoms with van der Waals surface area (Å²) in [6.45, 7) is 6.52. The van der Waals surface area contributed by atoms with Crippen molar-refractivity contribution in [1.29, 1.82) is 0 Å². The van der Waals surface area contributed by atoms with Gasteiger partial charge in [-0.1, -0.05) is 11.6 Å². The third kappa shape index (κ3) is 8.66. The first-order valence-electron chi connectivity index (χ1n) is 8.32. The second-order valence-corrected chi connectivity index (χ2v) is 7.35. The molecule has 1 heterocycles. The van der Waals surface area contributed by atoms with E-state index in [-0.39, 0.29) is 12.8 Å². The molecule has 0 saturated carbocycles. The molecule has 2 rings (SSSR count). The van der Waals surface area contributed by atoms with Crippen molar-refractivity contribution >= 4 is 29.2 Å². The van der Waals surface area contributed by atoms with Gasteiger partial charge in [-0.25, -0.2) is 0 Å². The Morgan fingerprint density at radius 3 is 2.40 bits per heavy atom. The molecule has 0 spiro atoms. The van der Waals surface area contributed by atoms with Crippen molar-refractivity contribution in [2.45, 2.75) is 52.1 Å². The molecule has 0 bridgehead atoms. The second-order valence-electron chi connectivity index (χ2n) is 6.57. The van der Waals surface area contributed by atoms with E-state index in [4.69, 9.17) is 43.1 Å². The Hall–Kier alpha value is -1.17. The van der Waals surface area contributed by atoms with Crippen LogP contribution in [0.3, 0.4) is 0 Å². The predicted octanol–water partition coefficient (Wildman–Crippen LogP) is 4.31. The van der Waals surface area contributed by atoms with Crippen LogP contribution in [0, 0.1) is 0 Å². The van der Waals surface area contributed by atoms with Gasteiger partial charge < -0.3 is 19.9 Å². The van der Waals surface area contributed by atoms with Crippen molar-refractivity contribution in [3.63, 3.8) is 0 Å². The first-order valence-corrected chi connectivity index (χ1v) is 9.24. The normalized spacial score (nSPS) is 12.4. The predicted molar refractivity (Wildman–Crippen MR) is 101 cm³/mol. The number of halogens is 2. The fourth-order valence-electron chi connectivity index (χ4n) is 2.04. The first kappa shape index (κ1) is 21.9. The molecule has 0 aliphatic carbocycles. The number of hydrogen-bond acceptors (Lipinski definition) is 5. The summed E-state index contributed by atoms with van der Waals surface area (Å²) in [7, 11) is 0. The van der Waals surface area contributed by atoms with Gasteiger partial charge in [0.1, 0.15) is 5.60 Å². The Bertz CT molecular complexity index is 557. The van der Waals surface area contributed by atoms with Gasteiger partial charge in [-0.2, -0.15) is 0 Å². The Morgan fingerprint density at radius 2 is 1.88 bits per heavy atom. The van der Waals surface area contributed by atoms with E-state index < -0.39 is 5.60 Å². The number of aryl methyl sites for hydroxylation is 1. The van der Waals surface area contributed by atoms with E-state index >= 15 is 0 Å². The summed E-state index contributed by atoms with van der Waals surface area (Å²) < 4.78 is 15.8. The second kappa shape index (κ2) is 10.7. The van der Waals surface area contributed by atoms with Crippen LogP contribution in [0.15, 0.2) is 12.1 Å². The third-order valence-electron chi connectivity index (χ3n) is 3.13. The van der Waals surface area contributed by atoms with Crippen molar-refractivity contribution in [3.05, 3.63) is 22.7 Å². The van der Waals surface area contributed by atoms with Crippen LogP contribution in [0.1, 0.15) is 45.6 Å². The fraction of sp³-hybridized carbons (Fsp3) is 0.611. The highest BCUT2D eigenvalue weighted by atomic mass is 35.5. The van der Waals surface area contributed by atoms with Gasteiger partial charge in [0.2, 0.25) is 6.79 Å². The number of nitrogens with two attached hydrogens (primary N) is 1. The van der Waals surface area contributed by atoms with Crippen LogP contribution in [0.2, 0.25) is 5.02 Å². The number of benzene rings is 1. The number of fused-ring (bicyclic) bond motifs is 1. The lowest BCUT2D eigenvalue weighted by atomic mass is 10.1. The minimum atomic E-state index is -0.437. The Morgan fingerprint density at radius 1 is 1.24 bits per heavy atom. The minimum absolute atomic E-state index is 0.186. The molecule has 0 saturated heterocycles.